The number of hydrogen-bond donors (Lipinski definition) is 1. The maximum absolute atomic E-state index is 13.9. The number of nitrogens with two attached hydrogens (primary N) is 1. The fourth-order valence-electron chi connectivity index (χ4n) is 6.54. The number of fused-ring (bicyclic) bond motifs is 3. The lowest BCUT2D eigenvalue weighted by atomic mass is 9.69. The van der Waals surface area contributed by atoms with Crippen molar-refractivity contribution in [3.05, 3.63) is 82.4 Å². The molecule has 2 saturated carbocycles. The lowest BCUT2D eigenvalue weighted by Gasteiger charge is -2.40. The van der Waals surface area contributed by atoms with Crippen molar-refractivity contribution in [1.82, 2.24) is 0 Å². The lowest BCUT2D eigenvalue weighted by molar-refractivity contribution is -0.00817. The van der Waals surface area contributed by atoms with E-state index in [1.54, 1.807) is 30.3 Å². The first-order valence-corrected chi connectivity index (χ1v) is 15.1. The third kappa shape index (κ3) is 5.25. The number of carbonyl (C=O) groups is 3. The maximum Gasteiger partial charge on any atom is 0.340 e. The van der Waals surface area contributed by atoms with E-state index in [2.05, 4.69) is 0 Å². The summed E-state index contributed by atoms with van der Waals surface area (Å²) in [4.78, 5) is 42.3. The summed E-state index contributed by atoms with van der Waals surface area (Å²) in [5.74, 6) is 0.0894. The zero-order valence-corrected chi connectivity index (χ0v) is 23.7. The molecule has 0 aliphatic heterocycles. The second-order valence-electron chi connectivity index (χ2n) is 11.1. The summed E-state index contributed by atoms with van der Waals surface area (Å²) in [6.07, 6.45) is 3.12. The fraction of sp³-hybridized carbons (Fsp3) is 0.364. The van der Waals surface area contributed by atoms with Crippen LogP contribution >= 0.6 is 11.8 Å². The van der Waals surface area contributed by atoms with Crippen LogP contribution in [-0.4, -0.2) is 36.4 Å². The van der Waals surface area contributed by atoms with Gasteiger partial charge in [-0.2, -0.15) is 0 Å². The van der Waals surface area contributed by atoms with E-state index in [1.165, 1.54) is 11.8 Å². The number of ketones is 2. The number of nitrogen functional groups attached to an aromatic ring is 1. The van der Waals surface area contributed by atoms with Crippen LogP contribution in [0.5, 0.6) is 5.75 Å². The molecule has 3 aliphatic rings. The van der Waals surface area contributed by atoms with Crippen molar-refractivity contribution in [1.29, 1.82) is 0 Å². The molecule has 0 radical (unpaired) electrons. The Kier molecular flexibility index (Phi) is 7.60. The molecule has 0 aromatic heterocycles. The fourth-order valence-corrected chi connectivity index (χ4v) is 7.54. The lowest BCUT2D eigenvalue weighted by Crippen LogP contribution is -2.35. The molecular weight excluding hydrogens is 541 g/mol. The van der Waals surface area contributed by atoms with Crippen molar-refractivity contribution in [2.24, 2.45) is 11.8 Å². The highest BCUT2D eigenvalue weighted by Gasteiger charge is 2.39. The molecule has 4 atom stereocenters. The minimum Gasteiger partial charge on any atom is -0.494 e. The van der Waals surface area contributed by atoms with E-state index in [0.29, 0.717) is 54.6 Å². The van der Waals surface area contributed by atoms with Crippen molar-refractivity contribution < 1.29 is 28.2 Å². The van der Waals surface area contributed by atoms with Crippen molar-refractivity contribution in [3.63, 3.8) is 0 Å². The SMILES string of the molecule is CCOc1ccc(Sc2cc(C(=O)O[C@@H]3CC[C@@H]4CC(F)CCC4C3)c(N)c3c2C(=O)c2ccccc2C3=O)cc1. The highest BCUT2D eigenvalue weighted by Crippen LogP contribution is 2.44. The molecule has 6 rings (SSSR count). The second kappa shape index (κ2) is 11.3. The van der Waals surface area contributed by atoms with Crippen LogP contribution in [0.3, 0.4) is 0 Å². The molecule has 0 amide bonds. The van der Waals surface area contributed by atoms with E-state index in [1.807, 2.05) is 31.2 Å². The van der Waals surface area contributed by atoms with Gasteiger partial charge in [0.25, 0.3) is 0 Å². The molecule has 2 N–H and O–H groups in total. The third-order valence-electron chi connectivity index (χ3n) is 8.56. The molecule has 0 bridgehead atoms. The molecule has 2 unspecified atom stereocenters. The summed E-state index contributed by atoms with van der Waals surface area (Å²) in [7, 11) is 0. The Morgan fingerprint density at radius 3 is 2.29 bits per heavy atom. The number of hydrogen-bond acceptors (Lipinski definition) is 7. The number of benzene rings is 3. The average Bonchev–Trinajstić information content (AvgIpc) is 2.97. The van der Waals surface area contributed by atoms with Crippen molar-refractivity contribution in [2.75, 3.05) is 12.3 Å². The molecule has 41 heavy (non-hydrogen) atoms. The van der Waals surface area contributed by atoms with Gasteiger partial charge in [0.1, 0.15) is 18.0 Å². The molecule has 3 aliphatic carbocycles. The first kappa shape index (κ1) is 27.5. The van der Waals surface area contributed by atoms with E-state index in [0.717, 1.165) is 23.5 Å². The molecule has 2 fully saturated rings. The minimum atomic E-state index is -0.734. The van der Waals surface area contributed by atoms with E-state index in [4.69, 9.17) is 15.2 Å². The molecular formula is C33H32FNO5S. The van der Waals surface area contributed by atoms with Crippen LogP contribution in [0.15, 0.2) is 64.4 Å². The Hall–Kier alpha value is -3.65. The molecule has 3 aromatic rings. The van der Waals surface area contributed by atoms with Gasteiger partial charge in [0.15, 0.2) is 11.6 Å². The first-order valence-electron chi connectivity index (χ1n) is 14.2. The summed E-state index contributed by atoms with van der Waals surface area (Å²) in [6.45, 7) is 2.45. The quantitative estimate of drug-likeness (QED) is 0.195. The third-order valence-corrected chi connectivity index (χ3v) is 9.61. The van der Waals surface area contributed by atoms with E-state index >= 15 is 0 Å². The van der Waals surface area contributed by atoms with Gasteiger partial charge in [0.05, 0.1) is 23.4 Å². The number of halogens is 1. The van der Waals surface area contributed by atoms with Crippen LogP contribution in [0.4, 0.5) is 10.1 Å². The van der Waals surface area contributed by atoms with Gasteiger partial charge in [0.2, 0.25) is 0 Å². The largest absolute Gasteiger partial charge is 0.494 e. The topological polar surface area (TPSA) is 95.7 Å². The Labute approximate surface area is 242 Å². The van der Waals surface area contributed by atoms with Crippen LogP contribution in [-0.2, 0) is 4.74 Å². The van der Waals surface area contributed by atoms with Crippen molar-refractivity contribution in [2.45, 2.75) is 67.5 Å². The van der Waals surface area contributed by atoms with Crippen molar-refractivity contribution in [3.8, 4) is 5.75 Å². The van der Waals surface area contributed by atoms with Gasteiger partial charge >= 0.3 is 5.97 Å². The zero-order valence-electron chi connectivity index (χ0n) is 22.9. The average molecular weight is 574 g/mol. The number of alkyl halides is 1. The highest BCUT2D eigenvalue weighted by atomic mass is 32.2. The molecule has 212 valence electrons. The number of rotatable bonds is 6. The monoisotopic (exact) mass is 573 g/mol. The van der Waals surface area contributed by atoms with Gasteiger partial charge < -0.3 is 15.2 Å². The summed E-state index contributed by atoms with van der Waals surface area (Å²) < 4.78 is 25.4. The van der Waals surface area contributed by atoms with E-state index in [-0.39, 0.29) is 45.6 Å². The summed E-state index contributed by atoms with van der Waals surface area (Å²) in [5.41, 5.74) is 7.37. The van der Waals surface area contributed by atoms with Gasteiger partial charge in [-0.15, -0.1) is 0 Å². The van der Waals surface area contributed by atoms with Gasteiger partial charge in [0, 0.05) is 26.5 Å². The Morgan fingerprint density at radius 2 is 1.59 bits per heavy atom. The minimum absolute atomic E-state index is 0.0412. The van der Waals surface area contributed by atoms with Crippen LogP contribution in [0, 0.1) is 11.8 Å². The Morgan fingerprint density at radius 1 is 0.927 bits per heavy atom. The second-order valence-corrected chi connectivity index (χ2v) is 12.2. The van der Waals surface area contributed by atoms with Gasteiger partial charge in [-0.3, -0.25) is 9.59 Å². The van der Waals surface area contributed by atoms with Gasteiger partial charge in [-0.05, 0) is 87.6 Å². The molecule has 3 aromatic carbocycles. The first-order chi connectivity index (χ1) is 19.8. The highest BCUT2D eigenvalue weighted by molar-refractivity contribution is 7.99. The maximum atomic E-state index is 13.9. The molecule has 0 heterocycles. The number of esters is 1. The van der Waals surface area contributed by atoms with Crippen LogP contribution in [0.25, 0.3) is 0 Å². The number of anilines is 1. The van der Waals surface area contributed by atoms with Gasteiger partial charge in [-0.1, -0.05) is 36.0 Å². The van der Waals surface area contributed by atoms with Crippen LogP contribution in [0.1, 0.15) is 87.6 Å². The normalized spacial score (nSPS) is 23.3. The standard InChI is InChI=1S/C33H32FNO5S/c1-2-39-21-11-13-23(14-12-21)41-27-17-26(33(38)40-22-10-8-18-15-20(34)9-7-19(18)16-22)30(35)29-28(27)31(36)24-5-3-4-6-25(24)32(29)37/h3-6,11-14,17-20,22H,2,7-10,15-16,35H2,1H3/t18-,19?,20?,22-/m1/s1. The Balaban J connectivity index is 1.35. The smallest absolute Gasteiger partial charge is 0.340 e. The predicted molar refractivity (Wildman–Crippen MR) is 155 cm³/mol. The molecule has 0 spiro atoms. The molecule has 6 nitrogen and oxygen atoms in total. The van der Waals surface area contributed by atoms with Crippen LogP contribution in [0.2, 0.25) is 0 Å². The molecule has 0 saturated heterocycles. The Bertz CT molecular complexity index is 1520. The molecule has 8 heteroatoms. The zero-order chi connectivity index (χ0) is 28.7. The number of ether oxygens (including phenoxy) is 2. The van der Waals surface area contributed by atoms with Gasteiger partial charge in [-0.25, -0.2) is 9.18 Å². The van der Waals surface area contributed by atoms with Crippen molar-refractivity contribution >= 4 is 35.0 Å². The summed E-state index contributed by atoms with van der Waals surface area (Å²) in [6, 6.07) is 15.6. The summed E-state index contributed by atoms with van der Waals surface area (Å²) >= 11 is 1.28. The summed E-state index contributed by atoms with van der Waals surface area (Å²) in [5, 5.41) is 0. The van der Waals surface area contributed by atoms with E-state index in [9.17, 15) is 18.8 Å². The van der Waals surface area contributed by atoms with E-state index < -0.39 is 12.1 Å². The predicted octanol–water partition coefficient (Wildman–Crippen LogP) is 7.06. The number of carbonyl (C=O) groups excluding carboxylic acids is 3. The van der Waals surface area contributed by atoms with Crippen LogP contribution < -0.4 is 10.5 Å².